The van der Waals surface area contributed by atoms with Gasteiger partial charge in [0.05, 0.1) is 25.3 Å². The Hall–Kier alpha value is -2.31. The Bertz CT molecular complexity index is 922. The molecule has 0 atom stereocenters. The first-order valence-electron chi connectivity index (χ1n) is 8.69. The van der Waals surface area contributed by atoms with E-state index in [1.165, 1.54) is 22.3 Å². The molecule has 0 aliphatic heterocycles. The third-order valence-corrected chi connectivity index (χ3v) is 5.31. The van der Waals surface area contributed by atoms with Crippen molar-refractivity contribution in [1.29, 1.82) is 0 Å². The minimum atomic E-state index is -0.356. The molecule has 0 aliphatic carbocycles. The molecule has 0 spiro atoms. The summed E-state index contributed by atoms with van der Waals surface area (Å²) in [7, 11) is 4.17. The van der Waals surface area contributed by atoms with Gasteiger partial charge in [-0.15, -0.1) is 0 Å². The number of halogens is 1. The largest absolute Gasteiger partial charge is 0.340 e. The summed E-state index contributed by atoms with van der Waals surface area (Å²) in [5.74, 6) is -0.442. The van der Waals surface area contributed by atoms with Crippen LogP contribution in [0.5, 0.6) is 0 Å². The SMILES string of the molecule is Cc1ccccc1C(=O)N(CCC[NH+](C)C)c1nc2c(F)cccc2s1. The molecule has 2 aromatic carbocycles. The average molecular weight is 372 g/mol. The van der Waals surface area contributed by atoms with Gasteiger partial charge >= 0.3 is 0 Å². The van der Waals surface area contributed by atoms with Gasteiger partial charge < -0.3 is 4.90 Å². The molecule has 3 aromatic rings. The molecular weight excluding hydrogens is 349 g/mol. The number of carbonyl (C=O) groups is 1. The second kappa shape index (κ2) is 7.93. The zero-order valence-electron chi connectivity index (χ0n) is 15.3. The number of hydrogen-bond acceptors (Lipinski definition) is 3. The Kier molecular flexibility index (Phi) is 5.64. The van der Waals surface area contributed by atoms with Crippen molar-refractivity contribution in [3.8, 4) is 0 Å². The highest BCUT2D eigenvalue weighted by atomic mass is 32.1. The van der Waals surface area contributed by atoms with Gasteiger partial charge in [0.1, 0.15) is 11.3 Å². The summed E-state index contributed by atoms with van der Waals surface area (Å²) >= 11 is 1.35. The van der Waals surface area contributed by atoms with E-state index in [2.05, 4.69) is 19.1 Å². The molecule has 0 bridgehead atoms. The molecule has 1 N–H and O–H groups in total. The monoisotopic (exact) mass is 372 g/mol. The predicted octanol–water partition coefficient (Wildman–Crippen LogP) is 2.93. The number of anilines is 1. The second-order valence-electron chi connectivity index (χ2n) is 6.67. The molecule has 0 aliphatic rings. The number of aromatic nitrogens is 1. The van der Waals surface area contributed by atoms with Crippen molar-refractivity contribution in [1.82, 2.24) is 4.98 Å². The average Bonchev–Trinajstić information content (AvgIpc) is 3.03. The zero-order chi connectivity index (χ0) is 18.7. The van der Waals surface area contributed by atoms with E-state index in [4.69, 9.17) is 0 Å². The maximum atomic E-state index is 14.0. The number of carbonyl (C=O) groups excluding carboxylic acids is 1. The van der Waals surface area contributed by atoms with Crippen LogP contribution in [-0.2, 0) is 0 Å². The first-order chi connectivity index (χ1) is 12.5. The lowest BCUT2D eigenvalue weighted by atomic mass is 10.1. The van der Waals surface area contributed by atoms with E-state index in [0.29, 0.717) is 22.8 Å². The van der Waals surface area contributed by atoms with Crippen molar-refractivity contribution >= 4 is 32.6 Å². The van der Waals surface area contributed by atoms with Crippen LogP contribution in [0.3, 0.4) is 0 Å². The van der Waals surface area contributed by atoms with Crippen LogP contribution < -0.4 is 9.80 Å². The molecule has 0 saturated carbocycles. The van der Waals surface area contributed by atoms with Crippen LogP contribution in [-0.4, -0.2) is 38.1 Å². The molecule has 6 heteroatoms. The van der Waals surface area contributed by atoms with Crippen molar-refractivity contribution in [3.63, 3.8) is 0 Å². The molecule has 0 radical (unpaired) electrons. The van der Waals surface area contributed by atoms with Crippen molar-refractivity contribution < 1.29 is 14.1 Å². The Morgan fingerprint density at radius 1 is 1.19 bits per heavy atom. The van der Waals surface area contributed by atoms with Gasteiger partial charge in [0.15, 0.2) is 5.13 Å². The van der Waals surface area contributed by atoms with Crippen molar-refractivity contribution in [3.05, 3.63) is 59.4 Å². The molecule has 1 heterocycles. The van der Waals surface area contributed by atoms with E-state index in [9.17, 15) is 9.18 Å². The van der Waals surface area contributed by atoms with Gasteiger partial charge in [-0.2, -0.15) is 0 Å². The number of benzene rings is 2. The van der Waals surface area contributed by atoms with Gasteiger partial charge in [-0.25, -0.2) is 9.37 Å². The Balaban J connectivity index is 1.97. The summed E-state index contributed by atoms with van der Waals surface area (Å²) in [5, 5.41) is 0.548. The number of aryl methyl sites for hydroxylation is 1. The fourth-order valence-electron chi connectivity index (χ4n) is 2.85. The van der Waals surface area contributed by atoms with Gasteiger partial charge in [-0.3, -0.25) is 9.69 Å². The molecule has 0 fully saturated rings. The number of para-hydroxylation sites is 1. The van der Waals surface area contributed by atoms with Crippen LogP contribution in [0.1, 0.15) is 22.3 Å². The van der Waals surface area contributed by atoms with Crippen molar-refractivity contribution in [2.75, 3.05) is 32.1 Å². The van der Waals surface area contributed by atoms with Crippen LogP contribution in [0, 0.1) is 12.7 Å². The molecular formula is C20H23FN3OS+. The van der Waals surface area contributed by atoms with E-state index < -0.39 is 0 Å². The number of fused-ring (bicyclic) bond motifs is 1. The van der Waals surface area contributed by atoms with Gasteiger partial charge in [-0.05, 0) is 30.7 Å². The summed E-state index contributed by atoms with van der Waals surface area (Å²) in [4.78, 5) is 20.6. The lowest BCUT2D eigenvalue weighted by molar-refractivity contribution is -0.858. The minimum Gasteiger partial charge on any atom is -0.340 e. The maximum absolute atomic E-state index is 14.0. The second-order valence-corrected chi connectivity index (χ2v) is 7.67. The summed E-state index contributed by atoms with van der Waals surface area (Å²) in [5.41, 5.74) is 1.91. The number of amides is 1. The highest BCUT2D eigenvalue weighted by molar-refractivity contribution is 7.22. The van der Waals surface area contributed by atoms with Crippen molar-refractivity contribution in [2.24, 2.45) is 0 Å². The first-order valence-corrected chi connectivity index (χ1v) is 9.50. The summed E-state index contributed by atoms with van der Waals surface area (Å²) in [6.45, 7) is 3.42. The van der Waals surface area contributed by atoms with Gasteiger partial charge in [-0.1, -0.05) is 35.6 Å². The lowest BCUT2D eigenvalue weighted by Crippen LogP contribution is -3.05. The lowest BCUT2D eigenvalue weighted by Gasteiger charge is -2.21. The number of thiazole rings is 1. The summed E-state index contributed by atoms with van der Waals surface area (Å²) < 4.78 is 14.8. The van der Waals surface area contributed by atoms with Crippen LogP contribution in [0.2, 0.25) is 0 Å². The molecule has 0 unspecified atom stereocenters. The topological polar surface area (TPSA) is 37.6 Å². The number of hydrogen-bond donors (Lipinski definition) is 1. The number of nitrogens with one attached hydrogen (secondary N) is 1. The van der Waals surface area contributed by atoms with Gasteiger partial charge in [0, 0.05) is 18.5 Å². The quantitative estimate of drug-likeness (QED) is 0.722. The third kappa shape index (κ3) is 3.92. The molecule has 0 saturated heterocycles. The first kappa shape index (κ1) is 18.5. The molecule has 1 amide bonds. The maximum Gasteiger partial charge on any atom is 0.260 e. The smallest absolute Gasteiger partial charge is 0.260 e. The van der Waals surface area contributed by atoms with E-state index >= 15 is 0 Å². The van der Waals surface area contributed by atoms with Gasteiger partial charge in [0.2, 0.25) is 0 Å². The Morgan fingerprint density at radius 2 is 1.96 bits per heavy atom. The molecule has 3 rings (SSSR count). The molecule has 1 aromatic heterocycles. The zero-order valence-corrected chi connectivity index (χ0v) is 16.1. The minimum absolute atomic E-state index is 0.0867. The van der Waals surface area contributed by atoms with Crippen molar-refractivity contribution in [2.45, 2.75) is 13.3 Å². The molecule has 136 valence electrons. The summed E-state index contributed by atoms with van der Waals surface area (Å²) in [6.07, 6.45) is 0.846. The fraction of sp³-hybridized carbons (Fsp3) is 0.300. The van der Waals surface area contributed by atoms with Crippen LogP contribution in [0.15, 0.2) is 42.5 Å². The predicted molar refractivity (Wildman–Crippen MR) is 105 cm³/mol. The van der Waals surface area contributed by atoms with E-state index in [1.54, 1.807) is 11.0 Å². The van der Waals surface area contributed by atoms with Crippen LogP contribution >= 0.6 is 11.3 Å². The molecule has 26 heavy (non-hydrogen) atoms. The van der Waals surface area contributed by atoms with E-state index in [-0.39, 0.29) is 11.7 Å². The highest BCUT2D eigenvalue weighted by Crippen LogP contribution is 2.31. The normalized spacial score (nSPS) is 11.3. The third-order valence-electron chi connectivity index (χ3n) is 4.27. The summed E-state index contributed by atoms with van der Waals surface area (Å²) in [6, 6.07) is 12.4. The number of nitrogens with zero attached hydrogens (tertiary/aromatic N) is 2. The highest BCUT2D eigenvalue weighted by Gasteiger charge is 2.23. The number of rotatable bonds is 6. The number of quaternary nitrogens is 1. The molecule has 4 nitrogen and oxygen atoms in total. The fourth-order valence-corrected chi connectivity index (χ4v) is 3.86. The van der Waals surface area contributed by atoms with Gasteiger partial charge in [0.25, 0.3) is 5.91 Å². The van der Waals surface area contributed by atoms with Crippen LogP contribution in [0.4, 0.5) is 9.52 Å². The van der Waals surface area contributed by atoms with E-state index in [1.807, 2.05) is 37.3 Å². The Labute approximate surface area is 156 Å². The standard InChI is InChI=1S/C20H22FN3OS/c1-14-8-4-5-9-15(14)19(25)24(13-7-12-23(2)3)20-22-18-16(21)10-6-11-17(18)26-20/h4-6,8-11H,7,12-13H2,1-3H3/p+1. The van der Waals surface area contributed by atoms with Crippen LogP contribution in [0.25, 0.3) is 10.2 Å². The Morgan fingerprint density at radius 3 is 2.65 bits per heavy atom. The van der Waals surface area contributed by atoms with E-state index in [0.717, 1.165) is 23.2 Å².